The molecule has 1 aromatic carbocycles. The lowest BCUT2D eigenvalue weighted by molar-refractivity contribution is -0.148. The van der Waals surface area contributed by atoms with Gasteiger partial charge in [0.15, 0.2) is 11.9 Å². The average molecular weight is 291 g/mol. The molecule has 21 heavy (non-hydrogen) atoms. The van der Waals surface area contributed by atoms with E-state index in [1.807, 2.05) is 0 Å². The van der Waals surface area contributed by atoms with Crippen LogP contribution in [0.4, 0.5) is 0 Å². The van der Waals surface area contributed by atoms with E-state index in [4.69, 9.17) is 9.47 Å². The molecule has 1 aliphatic rings. The van der Waals surface area contributed by atoms with Crippen molar-refractivity contribution >= 4 is 5.97 Å². The molecule has 2 rings (SSSR count). The summed E-state index contributed by atoms with van der Waals surface area (Å²) in [6.45, 7) is 2.35. The molecule has 1 unspecified atom stereocenters. The number of carbonyl (C=O) groups excluding carboxylic acids is 1. The van der Waals surface area contributed by atoms with Gasteiger partial charge in [0.2, 0.25) is 0 Å². The van der Waals surface area contributed by atoms with Crippen molar-refractivity contribution in [1.82, 2.24) is 10.2 Å². The van der Waals surface area contributed by atoms with Gasteiger partial charge in [-0.3, -0.25) is 0 Å². The van der Waals surface area contributed by atoms with Crippen LogP contribution in [0.3, 0.4) is 0 Å². The van der Waals surface area contributed by atoms with Crippen LogP contribution in [0.15, 0.2) is 41.5 Å². The number of ether oxygens (including phenoxy) is 2. The molecular formula is C14H17N3O4. The minimum atomic E-state index is -0.636. The van der Waals surface area contributed by atoms with Gasteiger partial charge in [0, 0.05) is 6.20 Å². The Balaban J connectivity index is 2.29. The molecule has 7 nitrogen and oxygen atoms in total. The predicted molar refractivity (Wildman–Crippen MR) is 76.1 cm³/mol. The van der Waals surface area contributed by atoms with Crippen LogP contribution < -0.4 is 10.1 Å². The Labute approximate surface area is 122 Å². The SMILES string of the molecule is CCOC(=O)C(c1ccc(OC)cc1)N1C=C(N=O)NC1. The van der Waals surface area contributed by atoms with Gasteiger partial charge < -0.3 is 19.7 Å². The van der Waals surface area contributed by atoms with Gasteiger partial charge >= 0.3 is 5.97 Å². The van der Waals surface area contributed by atoms with Gasteiger partial charge in [0.25, 0.3) is 0 Å². The molecule has 0 bridgehead atoms. The Morgan fingerprint density at radius 1 is 1.43 bits per heavy atom. The highest BCUT2D eigenvalue weighted by Gasteiger charge is 2.30. The molecule has 0 aliphatic carbocycles. The largest absolute Gasteiger partial charge is 0.497 e. The van der Waals surface area contributed by atoms with Crippen molar-refractivity contribution < 1.29 is 14.3 Å². The van der Waals surface area contributed by atoms with Crippen molar-refractivity contribution in [2.24, 2.45) is 5.18 Å². The third-order valence-electron chi connectivity index (χ3n) is 3.10. The van der Waals surface area contributed by atoms with Gasteiger partial charge in [-0.25, -0.2) is 4.79 Å². The van der Waals surface area contributed by atoms with Gasteiger partial charge in [-0.15, -0.1) is 4.91 Å². The third kappa shape index (κ3) is 3.31. The van der Waals surface area contributed by atoms with Gasteiger partial charge in [-0.05, 0) is 29.8 Å². The average Bonchev–Trinajstić information content (AvgIpc) is 2.97. The summed E-state index contributed by atoms with van der Waals surface area (Å²) in [6.07, 6.45) is 1.51. The van der Waals surface area contributed by atoms with E-state index in [0.717, 1.165) is 5.56 Å². The third-order valence-corrected chi connectivity index (χ3v) is 3.10. The van der Waals surface area contributed by atoms with Gasteiger partial charge in [0.1, 0.15) is 5.75 Å². The van der Waals surface area contributed by atoms with Crippen molar-refractivity contribution in [3.05, 3.63) is 46.8 Å². The monoisotopic (exact) mass is 291 g/mol. The highest BCUT2D eigenvalue weighted by molar-refractivity contribution is 5.78. The van der Waals surface area contributed by atoms with E-state index in [1.54, 1.807) is 43.2 Å². The van der Waals surface area contributed by atoms with E-state index in [-0.39, 0.29) is 18.4 Å². The fourth-order valence-electron chi connectivity index (χ4n) is 2.11. The molecular weight excluding hydrogens is 274 g/mol. The van der Waals surface area contributed by atoms with E-state index < -0.39 is 6.04 Å². The summed E-state index contributed by atoms with van der Waals surface area (Å²) in [5.74, 6) is 0.511. The first-order valence-corrected chi connectivity index (χ1v) is 6.55. The number of benzene rings is 1. The number of rotatable bonds is 6. The molecule has 0 aromatic heterocycles. The zero-order valence-electron chi connectivity index (χ0n) is 11.9. The number of nitrogens with one attached hydrogen (secondary N) is 1. The lowest BCUT2D eigenvalue weighted by Gasteiger charge is -2.25. The molecule has 0 saturated heterocycles. The minimum Gasteiger partial charge on any atom is -0.497 e. The molecule has 0 saturated carbocycles. The Morgan fingerprint density at radius 2 is 2.14 bits per heavy atom. The molecule has 112 valence electrons. The zero-order chi connectivity index (χ0) is 15.2. The lowest BCUT2D eigenvalue weighted by Crippen LogP contribution is -2.33. The molecule has 0 spiro atoms. The van der Waals surface area contributed by atoms with Gasteiger partial charge in [-0.2, -0.15) is 0 Å². The second kappa shape index (κ2) is 6.74. The van der Waals surface area contributed by atoms with E-state index in [2.05, 4.69) is 10.5 Å². The first kappa shape index (κ1) is 14.8. The summed E-state index contributed by atoms with van der Waals surface area (Å²) in [5, 5.41) is 5.63. The summed E-state index contributed by atoms with van der Waals surface area (Å²) in [5.41, 5.74) is 0.749. The van der Waals surface area contributed by atoms with Crippen LogP contribution in [-0.4, -0.2) is 31.3 Å². The van der Waals surface area contributed by atoms with Crippen LogP contribution in [0.25, 0.3) is 0 Å². The minimum absolute atomic E-state index is 0.192. The quantitative estimate of drug-likeness (QED) is 0.635. The Hall–Kier alpha value is -2.57. The van der Waals surface area contributed by atoms with Crippen molar-refractivity contribution in [3.63, 3.8) is 0 Å². The van der Waals surface area contributed by atoms with E-state index in [0.29, 0.717) is 12.4 Å². The number of hydrogen-bond donors (Lipinski definition) is 1. The molecule has 7 heteroatoms. The Bertz CT molecular complexity index is 542. The molecule has 1 atom stereocenters. The smallest absolute Gasteiger partial charge is 0.333 e. The van der Waals surface area contributed by atoms with Crippen LogP contribution >= 0.6 is 0 Å². The van der Waals surface area contributed by atoms with E-state index in [1.165, 1.54) is 6.20 Å². The van der Waals surface area contributed by atoms with Gasteiger partial charge in [0.05, 0.1) is 20.4 Å². The first-order valence-electron chi connectivity index (χ1n) is 6.55. The zero-order valence-corrected chi connectivity index (χ0v) is 11.9. The molecule has 0 amide bonds. The molecule has 1 N–H and O–H groups in total. The van der Waals surface area contributed by atoms with Crippen molar-refractivity contribution in [1.29, 1.82) is 0 Å². The standard InChI is InChI=1S/C14H17N3O4/c1-3-21-14(18)13(17-8-12(16-19)15-9-17)10-4-6-11(20-2)7-5-10/h4-8,13,15H,3,9H2,1-2H3. The van der Waals surface area contributed by atoms with Crippen LogP contribution in [0, 0.1) is 4.91 Å². The molecule has 1 aliphatic heterocycles. The first-order chi connectivity index (χ1) is 10.2. The fourth-order valence-corrected chi connectivity index (χ4v) is 2.11. The normalized spacial score (nSPS) is 15.0. The molecule has 1 aromatic rings. The van der Waals surface area contributed by atoms with Crippen LogP contribution in [-0.2, 0) is 9.53 Å². The van der Waals surface area contributed by atoms with E-state index >= 15 is 0 Å². The molecule has 0 radical (unpaired) electrons. The number of esters is 1. The summed E-state index contributed by atoms with van der Waals surface area (Å²) in [4.78, 5) is 24.4. The maximum Gasteiger partial charge on any atom is 0.333 e. The number of hydrogen-bond acceptors (Lipinski definition) is 7. The van der Waals surface area contributed by atoms with Crippen molar-refractivity contribution in [2.45, 2.75) is 13.0 Å². The fraction of sp³-hybridized carbons (Fsp3) is 0.357. The summed E-state index contributed by atoms with van der Waals surface area (Å²) < 4.78 is 10.2. The summed E-state index contributed by atoms with van der Waals surface area (Å²) in [7, 11) is 1.58. The van der Waals surface area contributed by atoms with E-state index in [9.17, 15) is 9.70 Å². The number of nitroso groups, excluding NO2 is 1. The van der Waals surface area contributed by atoms with Crippen LogP contribution in [0.5, 0.6) is 5.75 Å². The van der Waals surface area contributed by atoms with Crippen molar-refractivity contribution in [2.75, 3.05) is 20.4 Å². The summed E-state index contributed by atoms with van der Waals surface area (Å²) >= 11 is 0. The second-order valence-electron chi connectivity index (χ2n) is 4.38. The predicted octanol–water partition coefficient (Wildman–Crippen LogP) is 1.73. The topological polar surface area (TPSA) is 80.2 Å². The Morgan fingerprint density at radius 3 is 2.67 bits per heavy atom. The number of nitrogens with zero attached hydrogens (tertiary/aromatic N) is 2. The highest BCUT2D eigenvalue weighted by atomic mass is 16.5. The number of methoxy groups -OCH3 is 1. The lowest BCUT2D eigenvalue weighted by atomic mass is 10.1. The molecule has 0 fully saturated rings. The van der Waals surface area contributed by atoms with Crippen LogP contribution in [0.2, 0.25) is 0 Å². The van der Waals surface area contributed by atoms with Gasteiger partial charge in [-0.1, -0.05) is 12.1 Å². The summed E-state index contributed by atoms with van der Waals surface area (Å²) in [6, 6.07) is 6.49. The number of carbonyl (C=O) groups is 1. The van der Waals surface area contributed by atoms with Crippen LogP contribution in [0.1, 0.15) is 18.5 Å². The highest BCUT2D eigenvalue weighted by Crippen LogP contribution is 2.26. The maximum atomic E-state index is 12.2. The molecule has 1 heterocycles. The maximum absolute atomic E-state index is 12.2. The second-order valence-corrected chi connectivity index (χ2v) is 4.38. The Kier molecular flexibility index (Phi) is 4.76. The van der Waals surface area contributed by atoms with Crippen molar-refractivity contribution in [3.8, 4) is 5.75 Å².